The van der Waals surface area contributed by atoms with Gasteiger partial charge in [0.15, 0.2) is 0 Å². The van der Waals surface area contributed by atoms with Gasteiger partial charge in [0.25, 0.3) is 0 Å². The Labute approximate surface area is 913 Å². The second-order valence-corrected chi connectivity index (χ2v) is 30.0. The molecule has 0 atom stereocenters. The minimum absolute atomic E-state index is 0. The largest absolute Gasteiger partial charge is 3.00 e. The van der Waals surface area contributed by atoms with Gasteiger partial charge in [-0.05, 0) is 214 Å². The average Bonchev–Trinajstić information content (AvgIpc) is 0.790. The Bertz CT molecular complexity index is 4930. The second kappa shape index (κ2) is 72.3. The van der Waals surface area contributed by atoms with E-state index in [4.69, 9.17) is 126 Å². The maximum atomic E-state index is 10.7. The molecule has 143 heavy (non-hydrogen) atoms. The minimum Gasteiger partial charge on any atom is -0.872 e. The summed E-state index contributed by atoms with van der Waals surface area (Å²) in [6.07, 6.45) is 9.19. The van der Waals surface area contributed by atoms with Crippen LogP contribution in [-0.4, -0.2) is 134 Å². The van der Waals surface area contributed by atoms with Crippen molar-refractivity contribution in [3.63, 3.8) is 0 Å². The zero-order valence-corrected chi connectivity index (χ0v) is 91.6. The van der Waals surface area contributed by atoms with Crippen molar-refractivity contribution >= 4 is 184 Å². The number of aliphatic imine (C=N–C) groups is 6. The van der Waals surface area contributed by atoms with E-state index < -0.39 is 40.9 Å². The summed E-state index contributed by atoms with van der Waals surface area (Å²) in [5.74, 6) is 4.81. The Morgan fingerprint density at radius 2 is 0.301 bits per heavy atom. The molecular formula is C98H94Cl6F6Mo4N12O16P. The molecular weight excluding hydrogens is 2340 g/mol. The van der Waals surface area contributed by atoms with Crippen molar-refractivity contribution in [2.75, 3.05) is 96.0 Å². The smallest absolute Gasteiger partial charge is 0.872 e. The van der Waals surface area contributed by atoms with E-state index in [9.17, 15) is 45.6 Å². The molecule has 0 saturated carbocycles. The van der Waals surface area contributed by atoms with Gasteiger partial charge in [-0.2, -0.15) is 0 Å². The van der Waals surface area contributed by atoms with Crippen LogP contribution in [0.5, 0.6) is 92.0 Å². The van der Waals surface area contributed by atoms with Gasteiger partial charge in [0.1, 0.15) is 69.0 Å². The van der Waals surface area contributed by atoms with E-state index in [1.54, 1.807) is 85.3 Å². The second-order valence-electron chi connectivity index (χ2n) is 25.7. The van der Waals surface area contributed by atoms with Crippen molar-refractivity contribution in [1.82, 2.24) is 0 Å². The summed E-state index contributed by atoms with van der Waals surface area (Å²) in [4.78, 5) is 25.4. The summed E-state index contributed by atoms with van der Waals surface area (Å²) in [5, 5.41) is 66.8. The van der Waals surface area contributed by atoms with E-state index in [0.717, 1.165) is 137 Å². The molecule has 0 bridgehead atoms. The van der Waals surface area contributed by atoms with Gasteiger partial charge >= 0.3 is 117 Å². The number of hydrogen-bond donors (Lipinski definition) is 0. The fraction of sp³-hybridized carbons (Fsp3) is 0.143. The van der Waals surface area contributed by atoms with E-state index in [-0.39, 0.29) is 94.9 Å². The number of hydrogen-bond acceptors (Lipinski definition) is 22. The number of rotatable bonds is 30. The zero-order chi connectivity index (χ0) is 102. The molecule has 0 heterocycles. The summed E-state index contributed by atoms with van der Waals surface area (Å²) in [6.45, 7) is 0. The first kappa shape index (κ1) is 131. The number of alkyl halides is 4. The fourth-order valence-corrected chi connectivity index (χ4v) is 9.94. The molecule has 0 amide bonds. The number of ether oxygens (including phenoxy) is 12. The van der Waals surface area contributed by atoms with Crippen LogP contribution in [0.25, 0.3) is 31.9 Å². The number of halogens is 12. The van der Waals surface area contributed by atoms with Gasteiger partial charge in [0, 0.05) is 10.0 Å². The van der Waals surface area contributed by atoms with E-state index in [1.807, 2.05) is 291 Å². The van der Waals surface area contributed by atoms with Gasteiger partial charge in [-0.3, -0.25) is 0 Å². The van der Waals surface area contributed by atoms with E-state index >= 15 is 0 Å². The third-order valence-corrected chi connectivity index (χ3v) is 17.2. The Morgan fingerprint density at radius 3 is 0.385 bits per heavy atom. The van der Waals surface area contributed by atoms with Crippen molar-refractivity contribution < 1.29 is 187 Å². The third kappa shape index (κ3) is 57.8. The van der Waals surface area contributed by atoms with Crippen LogP contribution in [0.3, 0.4) is 0 Å². The Morgan fingerprint density at radius 1 is 0.217 bits per heavy atom. The van der Waals surface area contributed by atoms with Crippen LogP contribution in [0.15, 0.2) is 321 Å². The van der Waals surface area contributed by atoms with Gasteiger partial charge in [-0.25, -0.2) is 0 Å². The van der Waals surface area contributed by atoms with Crippen LogP contribution < -0.4 is 77.3 Å². The van der Waals surface area contributed by atoms with Crippen LogP contribution in [0.1, 0.15) is 0 Å². The molecule has 28 nitrogen and oxygen atoms in total. The molecule has 3 radical (unpaired) electrons. The molecule has 0 N–H and O–H groups in total. The van der Waals surface area contributed by atoms with Crippen molar-refractivity contribution in [2.24, 2.45) is 30.0 Å². The van der Waals surface area contributed by atoms with Crippen LogP contribution in [0.2, 0.25) is 10.0 Å². The Kier molecular flexibility index (Phi) is 66.2. The van der Waals surface area contributed by atoms with Gasteiger partial charge in [0.05, 0.1) is 96.0 Å². The monoisotopic (exact) mass is 2440 g/mol. The van der Waals surface area contributed by atoms with E-state index in [0.29, 0.717) is 0 Å². The first-order chi connectivity index (χ1) is 66.6. The summed E-state index contributed by atoms with van der Waals surface area (Å²) >= 11 is 29.2. The molecule has 13 rings (SSSR count). The number of methoxy groups -OCH3 is 12. The summed E-state index contributed by atoms with van der Waals surface area (Å²) in [6, 6.07) is 89.6. The molecule has 13 aromatic carbocycles. The minimum atomic E-state index is -10.7. The number of nitrogens with zero attached hydrogens (tertiary/aromatic N) is 12. The fourth-order valence-electron chi connectivity index (χ4n) is 9.60. The van der Waals surface area contributed by atoms with Crippen molar-refractivity contribution in [2.45, 2.75) is 0 Å². The van der Waals surface area contributed by atoms with Gasteiger partial charge < -0.3 is 139 Å². The van der Waals surface area contributed by atoms with Gasteiger partial charge in [0.2, 0.25) is 0 Å². The predicted octanol–water partition coefficient (Wildman–Crippen LogP) is 29.9. The number of benzene rings is 13. The topological polar surface area (TPSA) is 362 Å². The molecule has 0 saturated heterocycles. The van der Waals surface area contributed by atoms with Crippen LogP contribution >= 0.6 is 77.4 Å². The molecule has 0 spiro atoms. The van der Waals surface area contributed by atoms with Crippen LogP contribution in [0.4, 0.5) is 93.4 Å². The summed E-state index contributed by atoms with van der Waals surface area (Å²) in [5.41, 5.74) is 9.98. The van der Waals surface area contributed by atoms with Crippen molar-refractivity contribution in [3.05, 3.63) is 333 Å². The third-order valence-electron chi connectivity index (χ3n) is 16.6. The average molecular weight is 2440 g/mol. The summed E-state index contributed by atoms with van der Waals surface area (Å²) < 4.78 is 120. The Balaban J connectivity index is 0.00000161. The van der Waals surface area contributed by atoms with Crippen LogP contribution in [-0.2, 0) is 84.3 Å². The molecule has 0 aliphatic heterocycles. The van der Waals surface area contributed by atoms with E-state index in [1.165, 1.54) is 38.0 Å². The predicted molar refractivity (Wildman–Crippen MR) is 544 cm³/mol. The van der Waals surface area contributed by atoms with Gasteiger partial charge in [-0.1, -0.05) is 230 Å². The molecule has 0 aliphatic rings. The molecule has 0 fully saturated rings. The quantitative estimate of drug-likeness (QED) is 0.0101. The van der Waals surface area contributed by atoms with Gasteiger partial charge in [-0.15, -0.1) is 46.4 Å². The molecule has 0 unspecified atom stereocenters. The molecule has 0 aromatic heterocycles. The Hall–Kier alpha value is -12.0. The zero-order valence-electron chi connectivity index (χ0n) is 78.1. The molecule has 13 aromatic rings. The molecule has 0 aliphatic carbocycles. The first-order valence-electron chi connectivity index (χ1n) is 39.8. The van der Waals surface area contributed by atoms with Crippen molar-refractivity contribution in [1.29, 1.82) is 0 Å². The maximum Gasteiger partial charge on any atom is 3.00 e. The standard InChI is InChI=1S/6C15H15N2O2.C6H4Cl2O4.2CH2Cl2.F6P.4Mo/c6*1-18-14-7-3-12(4-8-14)16-11-17-13-5-9-15(19-2)10-6-13;7-1-3(9)5(11)2(8)6(12)4(1)10;2*2-1-3;1-7(2,3,4,5)6;;;;/h6*3-11H,1-2H3;9-12H;2*1H2;;;;;/q6*-1;;;;-1;+2;3*+3/p-4. The van der Waals surface area contributed by atoms with Crippen molar-refractivity contribution in [3.8, 4) is 92.0 Å². The molecule has 45 heteroatoms. The van der Waals surface area contributed by atoms with Crippen LogP contribution in [0, 0.1) is 0 Å². The normalized spacial score (nSPS) is 10.5. The SMILES string of the molecule is COc1ccc(N=C[N-]c2ccc(OC)cc2)cc1.COc1ccc(N=C[N-]c2ccc(OC)cc2)cc1.COc1ccc(N=C[N-]c2ccc(OC)cc2)cc1.COc1ccc(N=C[N-]c2ccc(OC)cc2)cc1.COc1ccc(N=C[N-]c2ccc(OC)cc2)cc1.COc1ccc(N=C[N-]c2ccc(OC)cc2)cc1.ClCCl.ClCCl.F[P-](F)(F)(F)(F)F.[Mo+2].[Mo+3].[Mo+3].[Mo+3].[O-]c1c([O-])c(Cl)c([O-])c([O-])c1Cl. The first-order valence-corrected chi connectivity index (χ1v) is 44.7. The summed E-state index contributed by atoms with van der Waals surface area (Å²) in [7, 11) is 8.98. The molecule has 755 valence electrons. The van der Waals surface area contributed by atoms with E-state index in [2.05, 4.69) is 61.9 Å². The maximum absolute atomic E-state index is 10.7.